The summed E-state index contributed by atoms with van der Waals surface area (Å²) in [4.78, 5) is 31.4. The van der Waals surface area contributed by atoms with Crippen molar-refractivity contribution in [3.63, 3.8) is 0 Å². The molecule has 2 amide bonds. The van der Waals surface area contributed by atoms with Crippen LogP contribution in [-0.2, 0) is 22.6 Å². The number of carbonyl (C=O) groups excluding carboxylic acids is 2. The number of benzene rings is 2. The largest absolute Gasteiger partial charge is 0.491 e. The summed E-state index contributed by atoms with van der Waals surface area (Å²) in [6.45, 7) is 9.67. The molecule has 0 radical (unpaired) electrons. The SMILES string of the molecule is O=C1NCCCCC2(CCN(Cc3cn(CCN4CCOCC4)c4ccccc34)CC2)C(=O)NCCOc2ccccc21. The van der Waals surface area contributed by atoms with Gasteiger partial charge in [-0.15, -0.1) is 0 Å². The van der Waals surface area contributed by atoms with Gasteiger partial charge in [0.15, 0.2) is 0 Å². The normalized spacial score (nSPS) is 21.0. The van der Waals surface area contributed by atoms with Crippen LogP contribution in [0.15, 0.2) is 54.7 Å². The van der Waals surface area contributed by atoms with Gasteiger partial charge in [0.2, 0.25) is 5.91 Å². The van der Waals surface area contributed by atoms with Crippen molar-refractivity contribution in [2.75, 3.05) is 65.6 Å². The Morgan fingerprint density at radius 2 is 1.56 bits per heavy atom. The van der Waals surface area contributed by atoms with Crippen LogP contribution in [0.2, 0.25) is 0 Å². The number of likely N-dealkylation sites (tertiary alicyclic amines) is 1. The second kappa shape index (κ2) is 13.9. The molecule has 0 aliphatic carbocycles. The van der Waals surface area contributed by atoms with Crippen molar-refractivity contribution in [2.24, 2.45) is 5.41 Å². The van der Waals surface area contributed by atoms with E-state index < -0.39 is 0 Å². The lowest BCUT2D eigenvalue weighted by atomic mass is 9.73. The zero-order valence-corrected chi connectivity index (χ0v) is 25.2. The van der Waals surface area contributed by atoms with Gasteiger partial charge in [-0.05, 0) is 62.5 Å². The molecule has 9 nitrogen and oxygen atoms in total. The molecule has 3 aliphatic heterocycles. The monoisotopic (exact) mass is 587 g/mol. The number of ether oxygens (including phenoxy) is 2. The van der Waals surface area contributed by atoms with E-state index in [1.165, 1.54) is 16.5 Å². The van der Waals surface area contributed by atoms with Crippen LogP contribution in [0.5, 0.6) is 5.75 Å². The van der Waals surface area contributed by atoms with Crippen molar-refractivity contribution >= 4 is 22.7 Å². The highest BCUT2D eigenvalue weighted by atomic mass is 16.5. The van der Waals surface area contributed by atoms with Crippen LogP contribution in [-0.4, -0.2) is 91.8 Å². The van der Waals surface area contributed by atoms with Crippen molar-refractivity contribution in [3.05, 3.63) is 65.9 Å². The molecule has 1 spiro atoms. The van der Waals surface area contributed by atoms with Gasteiger partial charge in [-0.1, -0.05) is 36.8 Å². The molecule has 0 atom stereocenters. The van der Waals surface area contributed by atoms with Crippen molar-refractivity contribution in [1.29, 1.82) is 0 Å². The summed E-state index contributed by atoms with van der Waals surface area (Å²) >= 11 is 0. The fourth-order valence-corrected chi connectivity index (χ4v) is 6.86. The van der Waals surface area contributed by atoms with Crippen LogP contribution in [0.4, 0.5) is 0 Å². The van der Waals surface area contributed by atoms with E-state index in [1.54, 1.807) is 12.1 Å². The first-order valence-corrected chi connectivity index (χ1v) is 16.0. The van der Waals surface area contributed by atoms with Crippen LogP contribution >= 0.6 is 0 Å². The van der Waals surface area contributed by atoms with Crippen molar-refractivity contribution in [3.8, 4) is 5.75 Å². The molecule has 2 N–H and O–H groups in total. The third-order valence-corrected chi connectivity index (χ3v) is 9.47. The number of fused-ring (bicyclic) bond motifs is 2. The van der Waals surface area contributed by atoms with Crippen LogP contribution in [0.3, 0.4) is 0 Å². The van der Waals surface area contributed by atoms with Gasteiger partial charge in [0.1, 0.15) is 12.4 Å². The summed E-state index contributed by atoms with van der Waals surface area (Å²) in [7, 11) is 0. The van der Waals surface area contributed by atoms with Crippen LogP contribution in [0, 0.1) is 5.41 Å². The maximum atomic E-state index is 13.6. The molecular formula is C34H45N5O4. The zero-order valence-electron chi connectivity index (χ0n) is 25.2. The topological polar surface area (TPSA) is 88.1 Å². The molecule has 0 saturated carbocycles. The minimum absolute atomic E-state index is 0.109. The summed E-state index contributed by atoms with van der Waals surface area (Å²) in [5, 5.41) is 7.53. The van der Waals surface area contributed by atoms with E-state index in [2.05, 4.69) is 55.5 Å². The van der Waals surface area contributed by atoms with Crippen molar-refractivity contribution in [2.45, 2.75) is 45.2 Å². The second-order valence-electron chi connectivity index (χ2n) is 12.2. The van der Waals surface area contributed by atoms with E-state index in [-0.39, 0.29) is 17.2 Å². The molecule has 2 saturated heterocycles. The summed E-state index contributed by atoms with van der Waals surface area (Å²) in [6, 6.07) is 16.0. The Morgan fingerprint density at radius 3 is 2.42 bits per heavy atom. The highest BCUT2D eigenvalue weighted by molar-refractivity contribution is 5.96. The van der Waals surface area contributed by atoms with Gasteiger partial charge in [-0.2, -0.15) is 0 Å². The molecule has 4 heterocycles. The molecule has 0 bridgehead atoms. The van der Waals surface area contributed by atoms with E-state index in [4.69, 9.17) is 9.47 Å². The molecule has 2 aromatic carbocycles. The Bertz CT molecular complexity index is 1390. The Balaban J connectivity index is 1.08. The van der Waals surface area contributed by atoms with Gasteiger partial charge < -0.3 is 24.7 Å². The standard InChI is InChI=1S/C34H45N5O4/c40-32-29-8-2-4-10-31(29)43-22-15-36-33(41)34(11-5-6-14-35-32)12-16-38(17-13-34)25-27-26-39(30-9-3-1-7-28(27)30)19-18-37-20-23-42-24-21-37/h1-4,7-10,26H,5-6,11-25H2,(H,35,40)(H,36,41). The Labute approximate surface area is 254 Å². The zero-order chi connectivity index (χ0) is 29.5. The number of hydrogen-bond acceptors (Lipinski definition) is 6. The quantitative estimate of drug-likeness (QED) is 0.474. The Kier molecular flexibility index (Phi) is 9.61. The number of nitrogens with one attached hydrogen (secondary N) is 2. The molecule has 1 aromatic heterocycles. The molecule has 3 aliphatic rings. The van der Waals surface area contributed by atoms with E-state index in [1.807, 2.05) is 12.1 Å². The van der Waals surface area contributed by atoms with E-state index in [0.29, 0.717) is 31.0 Å². The second-order valence-corrected chi connectivity index (χ2v) is 12.2. The third-order valence-electron chi connectivity index (χ3n) is 9.47. The van der Waals surface area contributed by atoms with Gasteiger partial charge in [0.05, 0.1) is 30.7 Å². The Morgan fingerprint density at radius 1 is 0.767 bits per heavy atom. The number of hydrogen-bond donors (Lipinski definition) is 2. The number of rotatable bonds is 5. The smallest absolute Gasteiger partial charge is 0.255 e. The summed E-state index contributed by atoms with van der Waals surface area (Å²) in [5.41, 5.74) is 2.81. The number of carbonyl (C=O) groups is 2. The molecular weight excluding hydrogens is 542 g/mol. The van der Waals surface area contributed by atoms with Gasteiger partial charge >= 0.3 is 0 Å². The summed E-state index contributed by atoms with van der Waals surface area (Å²) in [5.74, 6) is 0.587. The minimum atomic E-state index is -0.380. The van der Waals surface area contributed by atoms with Gasteiger partial charge in [0, 0.05) is 56.4 Å². The number of morpholine rings is 1. The minimum Gasteiger partial charge on any atom is -0.491 e. The summed E-state index contributed by atoms with van der Waals surface area (Å²) < 4.78 is 13.8. The van der Waals surface area contributed by atoms with E-state index in [0.717, 1.165) is 91.1 Å². The molecule has 3 aromatic rings. The number of piperidine rings is 1. The molecule has 0 unspecified atom stereocenters. The van der Waals surface area contributed by atoms with Crippen LogP contribution in [0.25, 0.3) is 10.9 Å². The third kappa shape index (κ3) is 7.06. The molecule has 230 valence electrons. The van der Waals surface area contributed by atoms with Gasteiger partial charge in [0.25, 0.3) is 5.91 Å². The highest BCUT2D eigenvalue weighted by Crippen LogP contribution is 2.38. The predicted octanol–water partition coefficient (Wildman–Crippen LogP) is 3.66. The highest BCUT2D eigenvalue weighted by Gasteiger charge is 2.40. The Hall–Kier alpha value is -3.40. The van der Waals surface area contributed by atoms with Crippen molar-refractivity contribution in [1.82, 2.24) is 25.0 Å². The number of aromatic nitrogens is 1. The fraction of sp³-hybridized carbons (Fsp3) is 0.529. The predicted molar refractivity (Wildman–Crippen MR) is 167 cm³/mol. The first-order chi connectivity index (χ1) is 21.1. The first kappa shape index (κ1) is 29.7. The van der Waals surface area contributed by atoms with Gasteiger partial charge in [-0.3, -0.25) is 19.4 Å². The van der Waals surface area contributed by atoms with Crippen LogP contribution in [0.1, 0.15) is 48.0 Å². The fourth-order valence-electron chi connectivity index (χ4n) is 6.86. The average Bonchev–Trinajstić information content (AvgIpc) is 3.40. The van der Waals surface area contributed by atoms with Crippen molar-refractivity contribution < 1.29 is 19.1 Å². The van der Waals surface area contributed by atoms with E-state index in [9.17, 15) is 9.59 Å². The molecule has 9 heteroatoms. The maximum absolute atomic E-state index is 13.6. The summed E-state index contributed by atoms with van der Waals surface area (Å²) in [6.07, 6.45) is 6.60. The maximum Gasteiger partial charge on any atom is 0.255 e. The molecule has 6 rings (SSSR count). The lowest BCUT2D eigenvalue weighted by Crippen LogP contribution is -2.49. The van der Waals surface area contributed by atoms with Crippen LogP contribution < -0.4 is 15.4 Å². The number of amides is 2. The number of para-hydroxylation sites is 2. The lowest BCUT2D eigenvalue weighted by molar-refractivity contribution is -0.134. The molecule has 43 heavy (non-hydrogen) atoms. The lowest BCUT2D eigenvalue weighted by Gasteiger charge is -2.41. The average molecular weight is 588 g/mol. The molecule has 2 fully saturated rings. The first-order valence-electron chi connectivity index (χ1n) is 16.0. The van der Waals surface area contributed by atoms with Gasteiger partial charge in [-0.25, -0.2) is 0 Å². The van der Waals surface area contributed by atoms with E-state index >= 15 is 0 Å². The number of nitrogens with zero attached hydrogens (tertiary/aromatic N) is 3.